The second-order valence-electron chi connectivity index (χ2n) is 27.7. The third-order valence-electron chi connectivity index (χ3n) is 20.4. The first-order valence-electron chi connectivity index (χ1n) is 34.7. The van der Waals surface area contributed by atoms with Crippen LogP contribution in [0.3, 0.4) is 0 Å². The smallest absolute Gasteiger partial charge is 0.289 e. The minimum Gasteiger partial charge on any atom is -0.289 e. The van der Waals surface area contributed by atoms with E-state index in [9.17, 15) is 14.4 Å². The molecule has 96 heavy (non-hydrogen) atoms. The molecule has 6 amide bonds. The first-order chi connectivity index (χ1) is 46.4. The van der Waals surface area contributed by atoms with Gasteiger partial charge < -0.3 is 0 Å². The lowest BCUT2D eigenvalue weighted by molar-refractivity contribution is 0.241. The molecule has 0 N–H and O–H groups in total. The summed E-state index contributed by atoms with van der Waals surface area (Å²) in [5.74, 6) is 4.72. The Bertz CT molecular complexity index is 4320. The van der Waals surface area contributed by atoms with Gasteiger partial charge in [0.25, 0.3) is 0 Å². The Morgan fingerprint density at radius 1 is 0.344 bits per heavy atom. The number of aryl methyl sites for hydroxylation is 10. The second-order valence-corrected chi connectivity index (χ2v) is 27.7. The van der Waals surface area contributed by atoms with E-state index in [2.05, 4.69) is 183 Å². The van der Waals surface area contributed by atoms with Crippen molar-refractivity contribution in [3.63, 3.8) is 0 Å². The van der Waals surface area contributed by atoms with Gasteiger partial charge in [-0.2, -0.15) is 0 Å². The molecule has 0 radical (unpaired) electrons. The zero-order valence-electron chi connectivity index (χ0n) is 57.6. The maximum Gasteiger partial charge on any atom is 0.330 e. The SMILES string of the molecule is Cc1ccc(Cc2ncc3c(n2)N(C2CCC2)C(=O)N(c2c(C)cccc2C)C3)c(C)c1.Cc1ccc(Cc2ncc3c(n2)N(C2CCC2)C(=O)N(c2c(C)cccc2C)C3)cc1.Cc1ccc(Cc2ncc3c(n2)N(C2CCCCC2)C(=O)N(c2c(C)cccc2C)C3)cc1. The van der Waals surface area contributed by atoms with Gasteiger partial charge in [0.15, 0.2) is 0 Å². The fraction of sp³-hybridized carbons (Fsp3) is 0.370. The number of nitrogens with zero attached hydrogens (tertiary/aromatic N) is 12. The van der Waals surface area contributed by atoms with Crippen LogP contribution in [0.15, 0.2) is 140 Å². The molecule has 15 rings (SSSR count). The number of fused-ring (bicyclic) bond motifs is 3. The minimum absolute atomic E-state index is 0.0367. The van der Waals surface area contributed by atoms with Crippen LogP contribution < -0.4 is 29.4 Å². The standard InChI is InChI=1S/C28H32N4O.C27H30N4O.C26H28N4O/c1-19-12-14-22(15-13-19)16-25-29-17-23-18-31(26-20(2)8-7-9-21(26)3)28(33)32(27(23)30-25)24-10-5-4-6-11-24;1-17-11-12-21(20(4)13-17)14-24-28-15-22-16-30(25-18(2)7-5-8-19(25)3)27(32)31(26(22)29-24)23-9-6-10-23;1-17-10-12-20(13-11-17)14-23-27-15-21-16-29(24-18(2)6-4-7-19(24)3)26(31)30(25(21)28-23)22-8-5-9-22/h7-9,12-15,17,24H,4-6,10-11,16,18H2,1-3H3;5,7-8,11-13,15,23H,6,9-10,14,16H2,1-4H3;4,6-7,10-13,15,22H,5,8-9,14,16H2,1-3H3. The Kier molecular flexibility index (Phi) is 19.0. The molecule has 3 aromatic heterocycles. The van der Waals surface area contributed by atoms with Gasteiger partial charge in [0.1, 0.15) is 34.9 Å². The van der Waals surface area contributed by atoms with Gasteiger partial charge in [-0.3, -0.25) is 29.4 Å². The van der Waals surface area contributed by atoms with Gasteiger partial charge in [-0.25, -0.2) is 44.3 Å². The van der Waals surface area contributed by atoms with Gasteiger partial charge in [0.05, 0.1) is 36.7 Å². The van der Waals surface area contributed by atoms with Crippen LogP contribution in [0.4, 0.5) is 48.9 Å². The van der Waals surface area contributed by atoms with E-state index in [1.54, 1.807) is 0 Å². The van der Waals surface area contributed by atoms with E-state index in [0.717, 1.165) is 166 Å². The molecule has 3 aliphatic carbocycles. The average Bonchev–Trinajstić information content (AvgIpc) is 0.764. The number of hydrogen-bond donors (Lipinski definition) is 0. The van der Waals surface area contributed by atoms with Crippen molar-refractivity contribution in [1.82, 2.24) is 29.9 Å². The molecule has 15 heteroatoms. The summed E-state index contributed by atoms with van der Waals surface area (Å²) in [7, 11) is 0. The van der Waals surface area contributed by atoms with Gasteiger partial charge in [0.2, 0.25) is 0 Å². The van der Waals surface area contributed by atoms with Crippen molar-refractivity contribution in [2.24, 2.45) is 0 Å². The number of benzene rings is 6. The number of anilines is 6. The molecular weight excluding hydrogens is 1190 g/mol. The number of para-hydroxylation sites is 3. The molecule has 0 saturated heterocycles. The van der Waals surface area contributed by atoms with Gasteiger partial charge in [0, 0.05) is 72.7 Å². The Morgan fingerprint density at radius 2 is 0.656 bits per heavy atom. The van der Waals surface area contributed by atoms with Gasteiger partial charge in [-0.1, -0.05) is 157 Å². The van der Waals surface area contributed by atoms with Crippen LogP contribution in [-0.4, -0.2) is 66.1 Å². The fourth-order valence-corrected chi connectivity index (χ4v) is 14.7. The molecule has 0 bridgehead atoms. The molecule has 6 aliphatic rings. The predicted octanol–water partition coefficient (Wildman–Crippen LogP) is 17.6. The number of urea groups is 3. The third-order valence-corrected chi connectivity index (χ3v) is 20.4. The van der Waals surface area contributed by atoms with Crippen molar-refractivity contribution in [3.05, 3.63) is 246 Å². The number of amides is 6. The van der Waals surface area contributed by atoms with E-state index in [1.807, 2.05) is 60.1 Å². The zero-order chi connectivity index (χ0) is 66.9. The molecule has 492 valence electrons. The number of hydrogen-bond acceptors (Lipinski definition) is 9. The van der Waals surface area contributed by atoms with Crippen LogP contribution in [0, 0.1) is 69.2 Å². The first-order valence-corrected chi connectivity index (χ1v) is 34.7. The van der Waals surface area contributed by atoms with E-state index in [-0.39, 0.29) is 36.2 Å². The van der Waals surface area contributed by atoms with E-state index < -0.39 is 0 Å². The summed E-state index contributed by atoms with van der Waals surface area (Å²) in [5.41, 5.74) is 21.3. The van der Waals surface area contributed by atoms with Crippen LogP contribution >= 0.6 is 0 Å². The molecule has 3 fully saturated rings. The molecule has 9 aromatic rings. The highest BCUT2D eigenvalue weighted by Gasteiger charge is 2.43. The lowest BCUT2D eigenvalue weighted by atomic mass is 9.90. The third kappa shape index (κ3) is 13.5. The van der Waals surface area contributed by atoms with Crippen molar-refractivity contribution in [2.45, 2.75) is 197 Å². The van der Waals surface area contributed by atoms with Gasteiger partial charge in [-0.05, 0) is 176 Å². The molecule has 15 nitrogen and oxygen atoms in total. The van der Waals surface area contributed by atoms with Crippen molar-refractivity contribution in [3.8, 4) is 0 Å². The Morgan fingerprint density at radius 3 is 0.969 bits per heavy atom. The molecular formula is C81H90N12O3. The van der Waals surface area contributed by atoms with Crippen molar-refractivity contribution < 1.29 is 14.4 Å². The molecule has 6 heterocycles. The number of aromatic nitrogens is 6. The summed E-state index contributed by atoms with van der Waals surface area (Å²) >= 11 is 0. The summed E-state index contributed by atoms with van der Waals surface area (Å²) < 4.78 is 0. The molecule has 3 saturated carbocycles. The van der Waals surface area contributed by atoms with Crippen molar-refractivity contribution in [1.29, 1.82) is 0 Å². The normalized spacial score (nSPS) is 16.4. The monoisotopic (exact) mass is 1280 g/mol. The van der Waals surface area contributed by atoms with Crippen molar-refractivity contribution in [2.75, 3.05) is 29.4 Å². The molecule has 0 atom stereocenters. The quantitative estimate of drug-likeness (QED) is 0.117. The Hall–Kier alpha value is -9.63. The maximum atomic E-state index is 14.0. The van der Waals surface area contributed by atoms with Crippen LogP contribution in [0.1, 0.15) is 177 Å². The van der Waals surface area contributed by atoms with Crippen LogP contribution in [-0.2, 0) is 38.9 Å². The largest absolute Gasteiger partial charge is 0.330 e. The van der Waals surface area contributed by atoms with Gasteiger partial charge >= 0.3 is 18.1 Å². The lowest BCUT2D eigenvalue weighted by Gasteiger charge is -2.44. The second kappa shape index (κ2) is 28.0. The number of rotatable bonds is 12. The Labute approximate surface area is 566 Å². The molecule has 0 spiro atoms. The number of carbonyl (C=O) groups is 3. The molecule has 3 aliphatic heterocycles. The van der Waals surface area contributed by atoms with Crippen LogP contribution in [0.25, 0.3) is 0 Å². The Balaban J connectivity index is 0.000000130. The zero-order valence-corrected chi connectivity index (χ0v) is 57.6. The van der Waals surface area contributed by atoms with Crippen LogP contribution in [0.2, 0.25) is 0 Å². The topological polar surface area (TPSA) is 148 Å². The summed E-state index contributed by atoms with van der Waals surface area (Å²) in [4.78, 5) is 82.1. The van der Waals surface area contributed by atoms with E-state index >= 15 is 0 Å². The highest BCUT2D eigenvalue weighted by molar-refractivity contribution is 6.08. The maximum absolute atomic E-state index is 14.0. The van der Waals surface area contributed by atoms with Crippen LogP contribution in [0.5, 0.6) is 0 Å². The average molecular weight is 1280 g/mol. The molecule has 6 aromatic carbocycles. The lowest BCUT2D eigenvalue weighted by Crippen LogP contribution is -2.54. The van der Waals surface area contributed by atoms with E-state index in [1.165, 1.54) is 45.4 Å². The van der Waals surface area contributed by atoms with E-state index in [0.29, 0.717) is 38.9 Å². The highest BCUT2D eigenvalue weighted by Crippen LogP contribution is 2.42. The van der Waals surface area contributed by atoms with E-state index in [4.69, 9.17) is 24.9 Å². The summed E-state index contributed by atoms with van der Waals surface area (Å²) in [5, 5.41) is 0. The van der Waals surface area contributed by atoms with Gasteiger partial charge in [-0.15, -0.1) is 0 Å². The first kappa shape index (κ1) is 65.1. The fourth-order valence-electron chi connectivity index (χ4n) is 14.7. The number of carbonyl (C=O) groups excluding carboxylic acids is 3. The highest BCUT2D eigenvalue weighted by atomic mass is 16.2. The van der Waals surface area contributed by atoms with Crippen molar-refractivity contribution >= 4 is 52.6 Å². The minimum atomic E-state index is 0.0367. The predicted molar refractivity (Wildman–Crippen MR) is 385 cm³/mol. The summed E-state index contributed by atoms with van der Waals surface area (Å²) in [6.45, 7) is 22.4. The summed E-state index contributed by atoms with van der Waals surface area (Å²) in [6.07, 6.45) is 19.9. The summed E-state index contributed by atoms with van der Waals surface area (Å²) in [6, 6.07) is 42.8. The molecule has 0 unspecified atom stereocenters.